The molecule has 27 heavy (non-hydrogen) atoms. The fraction of sp³-hybridized carbons (Fsp3) is 0.333. The average Bonchev–Trinajstić information content (AvgIpc) is 2.60. The average molecular weight is 440 g/mol. The lowest BCUT2D eigenvalue weighted by Gasteiger charge is -2.36. The van der Waals surface area contributed by atoms with Gasteiger partial charge in [-0.2, -0.15) is 0 Å². The Morgan fingerprint density at radius 1 is 1.00 bits per heavy atom. The first kappa shape index (κ1) is 20.6. The van der Waals surface area contributed by atoms with Gasteiger partial charge in [0.25, 0.3) is 0 Å². The molecule has 0 aromatic heterocycles. The van der Waals surface area contributed by atoms with Crippen LogP contribution in [-0.4, -0.2) is 37.4 Å². The first-order valence-corrected chi connectivity index (χ1v) is 9.33. The van der Waals surface area contributed by atoms with E-state index in [0.29, 0.717) is 20.6 Å². The molecule has 9 heteroatoms. The predicted octanol–water partition coefficient (Wildman–Crippen LogP) is 5.54. The van der Waals surface area contributed by atoms with Gasteiger partial charge in [0.15, 0.2) is 0 Å². The van der Waals surface area contributed by atoms with E-state index < -0.39 is 6.36 Å². The van der Waals surface area contributed by atoms with E-state index in [0.717, 1.165) is 31.7 Å². The van der Waals surface area contributed by atoms with E-state index >= 15 is 0 Å². The minimum Gasteiger partial charge on any atom is -0.406 e. The third-order valence-corrected chi connectivity index (χ3v) is 5.30. The fourth-order valence-corrected chi connectivity index (χ4v) is 3.88. The molecule has 2 aromatic rings. The maximum absolute atomic E-state index is 12.4. The molecule has 146 valence electrons. The summed E-state index contributed by atoms with van der Waals surface area (Å²) >= 11 is 18.8. The van der Waals surface area contributed by atoms with Crippen LogP contribution in [0.15, 0.2) is 36.4 Å². The van der Waals surface area contributed by atoms with Gasteiger partial charge in [0, 0.05) is 31.2 Å². The van der Waals surface area contributed by atoms with Crippen LogP contribution in [0.5, 0.6) is 5.75 Å². The molecule has 1 aliphatic rings. The van der Waals surface area contributed by atoms with E-state index in [1.54, 1.807) is 24.3 Å². The molecule has 0 bridgehead atoms. The van der Waals surface area contributed by atoms with Crippen molar-refractivity contribution in [3.05, 3.63) is 62.6 Å². The number of benzene rings is 2. The van der Waals surface area contributed by atoms with Gasteiger partial charge in [-0.1, -0.05) is 46.9 Å². The van der Waals surface area contributed by atoms with Crippen LogP contribution in [0.25, 0.3) is 0 Å². The predicted molar refractivity (Wildman–Crippen MR) is 101 cm³/mol. The quantitative estimate of drug-likeness (QED) is 0.633. The van der Waals surface area contributed by atoms with Crippen molar-refractivity contribution in [1.29, 1.82) is 0 Å². The molecule has 0 radical (unpaired) electrons. The normalized spacial score (nSPS) is 17.0. The molecule has 3 rings (SSSR count). The van der Waals surface area contributed by atoms with Gasteiger partial charge >= 0.3 is 6.36 Å². The Morgan fingerprint density at radius 3 is 2.22 bits per heavy atom. The van der Waals surface area contributed by atoms with Crippen molar-refractivity contribution < 1.29 is 17.9 Å². The van der Waals surface area contributed by atoms with Gasteiger partial charge in [-0.25, -0.2) is 0 Å². The van der Waals surface area contributed by atoms with E-state index in [2.05, 4.69) is 15.0 Å². The summed E-state index contributed by atoms with van der Waals surface area (Å²) in [5.74, 6) is -0.277. The molecule has 2 aromatic carbocycles. The second-order valence-electron chi connectivity index (χ2n) is 6.10. The number of alkyl halides is 3. The van der Waals surface area contributed by atoms with Crippen LogP contribution >= 0.6 is 34.8 Å². The molecule has 1 aliphatic heterocycles. The minimum atomic E-state index is -4.73. The van der Waals surface area contributed by atoms with Crippen molar-refractivity contribution in [2.75, 3.05) is 26.2 Å². The Morgan fingerprint density at radius 2 is 1.63 bits per heavy atom. The number of piperazine rings is 1. The van der Waals surface area contributed by atoms with Crippen molar-refractivity contribution in [3.8, 4) is 5.75 Å². The SMILES string of the molecule is FC(F)(F)Oc1ccc([C@H](c2cc(Cl)cc(Cl)c2Cl)N2CCNCC2)cc1. The van der Waals surface area contributed by atoms with Gasteiger partial charge in [-0.05, 0) is 35.4 Å². The smallest absolute Gasteiger partial charge is 0.406 e. The van der Waals surface area contributed by atoms with Crippen LogP contribution in [0, 0.1) is 0 Å². The zero-order valence-electron chi connectivity index (χ0n) is 14.0. The molecule has 0 saturated carbocycles. The van der Waals surface area contributed by atoms with Crippen LogP contribution in [0.4, 0.5) is 13.2 Å². The highest BCUT2D eigenvalue weighted by atomic mass is 35.5. The summed E-state index contributed by atoms with van der Waals surface area (Å²) in [6.07, 6.45) is -4.73. The Kier molecular flexibility index (Phi) is 6.43. The summed E-state index contributed by atoms with van der Waals surface area (Å²) in [5, 5.41) is 4.42. The van der Waals surface area contributed by atoms with Crippen molar-refractivity contribution in [2.45, 2.75) is 12.4 Å². The summed E-state index contributed by atoms with van der Waals surface area (Å²) < 4.78 is 41.2. The summed E-state index contributed by atoms with van der Waals surface area (Å²) in [7, 11) is 0. The standard InChI is InChI=1S/C18H16Cl3F3N2O/c19-12-9-14(16(21)15(20)10-12)17(26-7-5-25-6-8-26)11-1-3-13(4-2-11)27-18(22,23)24/h1-4,9-10,17,25H,5-8H2/t17-/m1/s1. The monoisotopic (exact) mass is 438 g/mol. The minimum absolute atomic E-state index is 0.277. The maximum atomic E-state index is 12.4. The van der Waals surface area contributed by atoms with Crippen LogP contribution < -0.4 is 10.1 Å². The molecular formula is C18H16Cl3F3N2O. The highest BCUT2D eigenvalue weighted by Crippen LogP contribution is 2.39. The summed E-state index contributed by atoms with van der Waals surface area (Å²) in [4.78, 5) is 2.18. The molecular weight excluding hydrogens is 424 g/mol. The van der Waals surface area contributed by atoms with Crippen LogP contribution in [-0.2, 0) is 0 Å². The molecule has 3 nitrogen and oxygen atoms in total. The molecule has 1 atom stereocenters. The molecule has 1 fully saturated rings. The Bertz CT molecular complexity index is 794. The molecule has 1 saturated heterocycles. The Hall–Kier alpha value is -1.18. The van der Waals surface area contributed by atoms with Crippen LogP contribution in [0.1, 0.15) is 17.2 Å². The van der Waals surface area contributed by atoms with Gasteiger partial charge in [-0.15, -0.1) is 13.2 Å². The van der Waals surface area contributed by atoms with Gasteiger partial charge < -0.3 is 10.1 Å². The van der Waals surface area contributed by atoms with Crippen molar-refractivity contribution >= 4 is 34.8 Å². The summed E-state index contributed by atoms with van der Waals surface area (Å²) in [5.41, 5.74) is 1.48. The molecule has 0 aliphatic carbocycles. The van der Waals surface area contributed by atoms with Gasteiger partial charge in [0.2, 0.25) is 0 Å². The maximum Gasteiger partial charge on any atom is 0.573 e. The first-order chi connectivity index (χ1) is 12.7. The zero-order chi connectivity index (χ0) is 19.6. The highest BCUT2D eigenvalue weighted by molar-refractivity contribution is 6.43. The van der Waals surface area contributed by atoms with E-state index in [1.165, 1.54) is 12.1 Å². The lowest BCUT2D eigenvalue weighted by molar-refractivity contribution is -0.274. The van der Waals surface area contributed by atoms with Crippen molar-refractivity contribution in [2.24, 2.45) is 0 Å². The molecule has 0 unspecified atom stereocenters. The van der Waals surface area contributed by atoms with Gasteiger partial charge in [-0.3, -0.25) is 4.90 Å². The van der Waals surface area contributed by atoms with Gasteiger partial charge in [0.05, 0.1) is 16.1 Å². The lowest BCUT2D eigenvalue weighted by Crippen LogP contribution is -2.45. The molecule has 1 N–H and O–H groups in total. The number of rotatable bonds is 4. The Balaban J connectivity index is 2.00. The van der Waals surface area contributed by atoms with Gasteiger partial charge in [0.1, 0.15) is 5.75 Å². The van der Waals surface area contributed by atoms with Crippen LogP contribution in [0.3, 0.4) is 0 Å². The number of ether oxygens (including phenoxy) is 1. The number of hydrogen-bond donors (Lipinski definition) is 1. The van der Waals surface area contributed by atoms with E-state index in [1.807, 2.05) is 0 Å². The molecule has 1 heterocycles. The summed E-state index contributed by atoms with van der Waals surface area (Å²) in [6, 6.07) is 8.77. The van der Waals surface area contributed by atoms with Crippen molar-refractivity contribution in [3.63, 3.8) is 0 Å². The summed E-state index contributed by atoms with van der Waals surface area (Å²) in [6.45, 7) is 3.06. The highest BCUT2D eigenvalue weighted by Gasteiger charge is 2.31. The number of nitrogens with one attached hydrogen (secondary N) is 1. The molecule has 0 spiro atoms. The van der Waals surface area contributed by atoms with E-state index in [9.17, 15) is 13.2 Å². The van der Waals surface area contributed by atoms with E-state index in [-0.39, 0.29) is 11.8 Å². The number of hydrogen-bond acceptors (Lipinski definition) is 3. The topological polar surface area (TPSA) is 24.5 Å². The second-order valence-corrected chi connectivity index (χ2v) is 7.32. The largest absolute Gasteiger partial charge is 0.573 e. The Labute approximate surface area is 170 Å². The number of halogens is 6. The van der Waals surface area contributed by atoms with E-state index in [4.69, 9.17) is 34.8 Å². The first-order valence-electron chi connectivity index (χ1n) is 8.19. The zero-order valence-corrected chi connectivity index (χ0v) is 16.3. The fourth-order valence-electron chi connectivity index (χ4n) is 3.15. The third-order valence-electron chi connectivity index (χ3n) is 4.26. The molecule has 0 amide bonds. The number of nitrogens with zero attached hydrogens (tertiary/aromatic N) is 1. The third kappa shape index (κ3) is 5.21. The lowest BCUT2D eigenvalue weighted by atomic mass is 9.96. The second kappa shape index (κ2) is 8.45. The van der Waals surface area contributed by atoms with Crippen molar-refractivity contribution in [1.82, 2.24) is 10.2 Å². The van der Waals surface area contributed by atoms with Crippen LogP contribution in [0.2, 0.25) is 15.1 Å².